The van der Waals surface area contributed by atoms with Gasteiger partial charge in [0.2, 0.25) is 0 Å². The molecular weight excluding hydrogens is 412 g/mol. The van der Waals surface area contributed by atoms with Gasteiger partial charge in [0.25, 0.3) is 5.91 Å². The number of benzene rings is 2. The number of nitrogens with two attached hydrogens (primary N) is 1. The predicted molar refractivity (Wildman–Crippen MR) is 124 cm³/mol. The quantitative estimate of drug-likeness (QED) is 0.479. The summed E-state index contributed by atoms with van der Waals surface area (Å²) in [5.74, 6) is -0.866. The second-order valence-corrected chi connectivity index (χ2v) is 7.97. The van der Waals surface area contributed by atoms with Gasteiger partial charge in [0.1, 0.15) is 0 Å². The van der Waals surface area contributed by atoms with E-state index in [1.807, 2.05) is 43.3 Å². The summed E-state index contributed by atoms with van der Waals surface area (Å²) in [4.78, 5) is 24.3. The molecule has 1 heterocycles. The predicted octanol–water partition coefficient (Wildman–Crippen LogP) is 5.39. The lowest BCUT2D eigenvalue weighted by molar-refractivity contribution is 0.0600. The minimum Gasteiger partial charge on any atom is -0.465 e. The standard InChI is InChI=1S/C25H27ClN2O3/c1-4-5-9-21-23(18-10-12-19(13-11-18)25(30)31-3)22(24(27)29)16(2)28(21)15-17-7-6-8-20(26)14-17/h6-8,10-14H,4-5,9,15H2,1-3H3,(H2,27,29). The second-order valence-electron chi connectivity index (χ2n) is 7.53. The molecule has 0 aliphatic heterocycles. The van der Waals surface area contributed by atoms with E-state index in [0.29, 0.717) is 22.7 Å². The molecule has 0 radical (unpaired) electrons. The first-order valence-corrected chi connectivity index (χ1v) is 10.7. The number of hydrogen-bond acceptors (Lipinski definition) is 3. The zero-order valence-electron chi connectivity index (χ0n) is 18.1. The molecule has 0 aliphatic rings. The van der Waals surface area contributed by atoms with Crippen LogP contribution < -0.4 is 5.73 Å². The molecule has 1 amide bonds. The maximum absolute atomic E-state index is 12.5. The summed E-state index contributed by atoms with van der Waals surface area (Å²) in [5, 5.41) is 0.672. The van der Waals surface area contributed by atoms with Crippen LogP contribution in [0.2, 0.25) is 5.02 Å². The van der Waals surface area contributed by atoms with E-state index in [0.717, 1.165) is 47.3 Å². The van der Waals surface area contributed by atoms with Gasteiger partial charge in [-0.2, -0.15) is 0 Å². The van der Waals surface area contributed by atoms with Gasteiger partial charge in [-0.05, 0) is 55.2 Å². The molecule has 5 nitrogen and oxygen atoms in total. The van der Waals surface area contributed by atoms with Crippen molar-refractivity contribution in [3.8, 4) is 11.1 Å². The molecule has 162 valence electrons. The Labute approximate surface area is 187 Å². The first-order chi connectivity index (χ1) is 14.9. The lowest BCUT2D eigenvalue weighted by Crippen LogP contribution is -2.13. The average Bonchev–Trinajstić information content (AvgIpc) is 3.03. The fourth-order valence-electron chi connectivity index (χ4n) is 3.94. The fourth-order valence-corrected chi connectivity index (χ4v) is 4.15. The molecule has 0 saturated heterocycles. The molecule has 2 aromatic carbocycles. The minimum atomic E-state index is -0.466. The van der Waals surface area contributed by atoms with Gasteiger partial charge >= 0.3 is 5.97 Å². The molecule has 3 rings (SSSR count). The summed E-state index contributed by atoms with van der Waals surface area (Å²) in [6, 6.07) is 14.8. The van der Waals surface area contributed by atoms with Crippen molar-refractivity contribution < 1.29 is 14.3 Å². The zero-order chi connectivity index (χ0) is 22.5. The van der Waals surface area contributed by atoms with Crippen LogP contribution >= 0.6 is 11.6 Å². The summed E-state index contributed by atoms with van der Waals surface area (Å²) >= 11 is 6.19. The maximum Gasteiger partial charge on any atom is 0.337 e. The molecular formula is C25H27ClN2O3. The summed E-state index contributed by atoms with van der Waals surface area (Å²) in [7, 11) is 1.35. The molecule has 6 heteroatoms. The number of aromatic nitrogens is 1. The van der Waals surface area contributed by atoms with E-state index in [1.54, 1.807) is 12.1 Å². The lowest BCUT2D eigenvalue weighted by Gasteiger charge is -2.14. The van der Waals surface area contributed by atoms with Gasteiger partial charge in [-0.1, -0.05) is 49.2 Å². The van der Waals surface area contributed by atoms with Crippen molar-refractivity contribution in [1.29, 1.82) is 0 Å². The van der Waals surface area contributed by atoms with Crippen LogP contribution in [0, 0.1) is 6.92 Å². The van der Waals surface area contributed by atoms with E-state index in [4.69, 9.17) is 22.1 Å². The van der Waals surface area contributed by atoms with Crippen molar-refractivity contribution in [1.82, 2.24) is 4.57 Å². The molecule has 1 aromatic heterocycles. The van der Waals surface area contributed by atoms with Crippen LogP contribution in [0.5, 0.6) is 0 Å². The number of primary amides is 1. The van der Waals surface area contributed by atoms with Crippen LogP contribution in [0.4, 0.5) is 0 Å². The van der Waals surface area contributed by atoms with Crippen LogP contribution in [0.25, 0.3) is 11.1 Å². The van der Waals surface area contributed by atoms with E-state index >= 15 is 0 Å². The highest BCUT2D eigenvalue weighted by molar-refractivity contribution is 6.30. The van der Waals surface area contributed by atoms with Crippen molar-refractivity contribution in [3.63, 3.8) is 0 Å². The van der Waals surface area contributed by atoms with Crippen molar-refractivity contribution in [2.45, 2.75) is 39.7 Å². The first kappa shape index (κ1) is 22.6. The number of rotatable bonds is 8. The normalized spacial score (nSPS) is 10.8. The largest absolute Gasteiger partial charge is 0.465 e. The first-order valence-electron chi connectivity index (χ1n) is 10.3. The van der Waals surface area contributed by atoms with Crippen LogP contribution in [0.15, 0.2) is 48.5 Å². The smallest absolute Gasteiger partial charge is 0.337 e. The molecule has 3 aromatic rings. The Bertz CT molecular complexity index is 1100. The Morgan fingerprint density at radius 3 is 2.42 bits per heavy atom. The Morgan fingerprint density at radius 1 is 1.13 bits per heavy atom. The number of nitrogens with zero attached hydrogens (tertiary/aromatic N) is 1. The SMILES string of the molecule is CCCCc1c(-c2ccc(C(=O)OC)cc2)c(C(N)=O)c(C)n1Cc1cccc(Cl)c1. The van der Waals surface area contributed by atoms with Gasteiger partial charge in [-0.15, -0.1) is 0 Å². The third-order valence-electron chi connectivity index (χ3n) is 5.47. The van der Waals surface area contributed by atoms with Gasteiger partial charge < -0.3 is 15.0 Å². The molecule has 0 atom stereocenters. The van der Waals surface area contributed by atoms with Crippen molar-refractivity contribution in [3.05, 3.63) is 81.6 Å². The minimum absolute atomic E-state index is 0.400. The van der Waals surface area contributed by atoms with Gasteiger partial charge in [0.05, 0.1) is 18.2 Å². The van der Waals surface area contributed by atoms with Crippen molar-refractivity contribution in [2.75, 3.05) is 7.11 Å². The third-order valence-corrected chi connectivity index (χ3v) is 5.70. The second kappa shape index (κ2) is 9.84. The molecule has 0 aliphatic carbocycles. The van der Waals surface area contributed by atoms with Gasteiger partial charge in [-0.25, -0.2) is 4.79 Å². The van der Waals surface area contributed by atoms with Gasteiger partial charge in [0.15, 0.2) is 0 Å². The van der Waals surface area contributed by atoms with Crippen molar-refractivity contribution >= 4 is 23.5 Å². The number of unbranched alkanes of at least 4 members (excludes halogenated alkanes) is 1. The molecule has 0 saturated carbocycles. The highest BCUT2D eigenvalue weighted by Gasteiger charge is 2.25. The molecule has 31 heavy (non-hydrogen) atoms. The monoisotopic (exact) mass is 438 g/mol. The molecule has 0 unspecified atom stereocenters. The summed E-state index contributed by atoms with van der Waals surface area (Å²) in [5.41, 5.74) is 11.4. The number of carbonyl (C=O) groups is 2. The topological polar surface area (TPSA) is 74.3 Å². The molecule has 0 spiro atoms. The van der Waals surface area contributed by atoms with Gasteiger partial charge in [0, 0.05) is 28.5 Å². The Hall–Kier alpha value is -3.05. The number of methoxy groups -OCH3 is 1. The number of esters is 1. The number of carbonyl (C=O) groups excluding carboxylic acids is 2. The number of hydrogen-bond donors (Lipinski definition) is 1. The van der Waals surface area contributed by atoms with Crippen LogP contribution in [0.3, 0.4) is 0 Å². The van der Waals surface area contributed by atoms with Crippen LogP contribution in [-0.4, -0.2) is 23.6 Å². The molecule has 0 bridgehead atoms. The Balaban J connectivity index is 2.18. The number of amides is 1. The summed E-state index contributed by atoms with van der Waals surface area (Å²) in [6.07, 6.45) is 2.80. The average molecular weight is 439 g/mol. The summed E-state index contributed by atoms with van der Waals surface area (Å²) in [6.45, 7) is 4.65. The highest BCUT2D eigenvalue weighted by Crippen LogP contribution is 2.35. The van der Waals surface area contributed by atoms with E-state index in [2.05, 4.69) is 11.5 Å². The van der Waals surface area contributed by atoms with E-state index in [9.17, 15) is 9.59 Å². The maximum atomic E-state index is 12.5. The van der Waals surface area contributed by atoms with Crippen LogP contribution in [-0.2, 0) is 17.7 Å². The third kappa shape index (κ3) is 4.83. The Morgan fingerprint density at radius 2 is 1.84 bits per heavy atom. The van der Waals surface area contributed by atoms with Crippen LogP contribution in [0.1, 0.15) is 57.4 Å². The summed E-state index contributed by atoms with van der Waals surface area (Å²) < 4.78 is 6.95. The van der Waals surface area contributed by atoms with Gasteiger partial charge in [-0.3, -0.25) is 4.79 Å². The lowest BCUT2D eigenvalue weighted by atomic mass is 9.96. The highest BCUT2D eigenvalue weighted by atomic mass is 35.5. The fraction of sp³-hybridized carbons (Fsp3) is 0.280. The van der Waals surface area contributed by atoms with E-state index in [1.165, 1.54) is 7.11 Å². The Kier molecular flexibility index (Phi) is 7.18. The molecule has 2 N–H and O–H groups in total. The van der Waals surface area contributed by atoms with E-state index < -0.39 is 11.9 Å². The molecule has 0 fully saturated rings. The number of ether oxygens (including phenoxy) is 1. The number of halogens is 1. The van der Waals surface area contributed by atoms with Crippen molar-refractivity contribution in [2.24, 2.45) is 5.73 Å². The zero-order valence-corrected chi connectivity index (χ0v) is 18.8. The van der Waals surface area contributed by atoms with E-state index in [-0.39, 0.29) is 0 Å².